The number of amides is 4. The molecule has 242 valence electrons. The number of unbranched alkanes of at least 4 members (excludes halogenated alkanes) is 2. The molecule has 2 aromatic carbocycles. The number of urea groups is 1. The van der Waals surface area contributed by atoms with Gasteiger partial charge in [0.25, 0.3) is 5.91 Å². The van der Waals surface area contributed by atoms with E-state index in [-0.39, 0.29) is 35.4 Å². The van der Waals surface area contributed by atoms with Crippen LogP contribution in [-0.2, 0) is 17.6 Å². The molecule has 4 amide bonds. The summed E-state index contributed by atoms with van der Waals surface area (Å²) in [5.41, 5.74) is 3.53. The van der Waals surface area contributed by atoms with Gasteiger partial charge in [0.2, 0.25) is 5.91 Å². The van der Waals surface area contributed by atoms with Crippen LogP contribution in [0, 0.1) is 5.92 Å². The summed E-state index contributed by atoms with van der Waals surface area (Å²) in [5, 5.41) is 15.8. The van der Waals surface area contributed by atoms with Gasteiger partial charge < -0.3 is 26.2 Å². The molecule has 1 aromatic heterocycles. The quantitative estimate of drug-likeness (QED) is 0.146. The molecule has 11 nitrogen and oxygen atoms in total. The van der Waals surface area contributed by atoms with Gasteiger partial charge in [-0.25, -0.2) is 14.8 Å². The molecule has 5 N–H and O–H groups in total. The zero-order valence-electron chi connectivity index (χ0n) is 26.0. The molecule has 46 heavy (non-hydrogen) atoms. The fraction of sp³-hybridized carbons (Fsp3) is 0.412. The zero-order chi connectivity index (χ0) is 32.1. The summed E-state index contributed by atoms with van der Waals surface area (Å²) in [6.45, 7) is 2.48. The number of thiocarbonyl (C=S) groups is 1. The maximum absolute atomic E-state index is 13.1. The van der Waals surface area contributed by atoms with E-state index in [1.807, 2.05) is 42.5 Å². The summed E-state index contributed by atoms with van der Waals surface area (Å²) in [5.74, 6) is 0.165. The first-order valence-corrected chi connectivity index (χ1v) is 16.5. The molecule has 12 heteroatoms. The third kappa shape index (κ3) is 9.71. The molecule has 1 aliphatic heterocycles. The Kier molecular flexibility index (Phi) is 11.9. The van der Waals surface area contributed by atoms with Crippen molar-refractivity contribution < 1.29 is 14.4 Å². The van der Waals surface area contributed by atoms with Gasteiger partial charge in [-0.1, -0.05) is 48.9 Å². The lowest BCUT2D eigenvalue weighted by Gasteiger charge is -2.32. The Balaban J connectivity index is 0.945. The molecule has 1 saturated heterocycles. The first-order chi connectivity index (χ1) is 22.4. The molecule has 0 unspecified atom stereocenters. The minimum atomic E-state index is -0.354. The van der Waals surface area contributed by atoms with Gasteiger partial charge in [-0.2, -0.15) is 0 Å². The summed E-state index contributed by atoms with van der Waals surface area (Å²) in [4.78, 5) is 48.7. The van der Waals surface area contributed by atoms with Crippen LogP contribution in [0.25, 0.3) is 0 Å². The Hall–Kier alpha value is -4.58. The minimum absolute atomic E-state index is 0.0233. The third-order valence-electron chi connectivity index (χ3n) is 8.41. The topological polar surface area (TPSA) is 140 Å². The number of hydrogen-bond donors (Lipinski definition) is 5. The highest BCUT2D eigenvalue weighted by Gasteiger charge is 2.27. The second kappa shape index (κ2) is 16.6. The van der Waals surface area contributed by atoms with Crippen LogP contribution < -0.4 is 26.6 Å². The lowest BCUT2D eigenvalue weighted by Crippen LogP contribution is -2.44. The van der Waals surface area contributed by atoms with Crippen LogP contribution in [0.4, 0.5) is 16.3 Å². The van der Waals surface area contributed by atoms with Gasteiger partial charge in [-0.3, -0.25) is 14.9 Å². The van der Waals surface area contributed by atoms with Crippen LogP contribution >= 0.6 is 12.2 Å². The molecule has 0 saturated carbocycles. The van der Waals surface area contributed by atoms with Crippen LogP contribution in [0.1, 0.15) is 60.1 Å². The monoisotopic (exact) mass is 642 g/mol. The van der Waals surface area contributed by atoms with E-state index in [2.05, 4.69) is 48.7 Å². The Morgan fingerprint density at radius 1 is 0.826 bits per heavy atom. The Labute approximate surface area is 275 Å². The molecule has 3 aromatic rings. The van der Waals surface area contributed by atoms with E-state index in [9.17, 15) is 14.4 Å². The molecule has 2 aliphatic rings. The van der Waals surface area contributed by atoms with Gasteiger partial charge in [0.05, 0.1) is 0 Å². The van der Waals surface area contributed by atoms with Gasteiger partial charge in [0.1, 0.15) is 0 Å². The number of para-hydroxylation sites is 1. The fourth-order valence-corrected chi connectivity index (χ4v) is 6.08. The number of carbonyl (C=O) groups excluding carboxylic acids is 3. The van der Waals surface area contributed by atoms with E-state index >= 15 is 0 Å². The number of fused-ring (bicyclic) bond motifs is 1. The van der Waals surface area contributed by atoms with Gasteiger partial charge in [0.15, 0.2) is 16.6 Å². The van der Waals surface area contributed by atoms with Gasteiger partial charge in [0, 0.05) is 56.7 Å². The van der Waals surface area contributed by atoms with Crippen molar-refractivity contribution in [2.45, 2.75) is 57.4 Å². The molecule has 1 aliphatic carbocycles. The number of rotatable bonds is 12. The predicted octanol–water partition coefficient (Wildman–Crippen LogP) is 4.28. The zero-order valence-corrected chi connectivity index (χ0v) is 26.8. The molecule has 0 radical (unpaired) electrons. The third-order valence-corrected chi connectivity index (χ3v) is 8.66. The number of piperidine rings is 1. The van der Waals surface area contributed by atoms with Crippen LogP contribution in [0.3, 0.4) is 0 Å². The maximum atomic E-state index is 13.1. The number of aromatic nitrogens is 2. The van der Waals surface area contributed by atoms with Crippen molar-refractivity contribution in [1.29, 1.82) is 0 Å². The van der Waals surface area contributed by atoms with Crippen molar-refractivity contribution in [3.8, 4) is 0 Å². The number of anilines is 2. The summed E-state index contributed by atoms with van der Waals surface area (Å²) in [7, 11) is 0. The van der Waals surface area contributed by atoms with E-state index in [1.165, 1.54) is 23.5 Å². The molecular formula is C34H42N8O3S. The second-order valence-corrected chi connectivity index (χ2v) is 12.2. The van der Waals surface area contributed by atoms with E-state index in [1.54, 1.807) is 4.90 Å². The smallest absolute Gasteiger partial charge is 0.323 e. The number of nitrogens with zero attached hydrogens (tertiary/aromatic N) is 3. The van der Waals surface area contributed by atoms with Crippen LogP contribution in [0.5, 0.6) is 0 Å². The van der Waals surface area contributed by atoms with Gasteiger partial charge in [-0.15, -0.1) is 0 Å². The van der Waals surface area contributed by atoms with Crippen molar-refractivity contribution >= 4 is 46.7 Å². The lowest BCUT2D eigenvalue weighted by atomic mass is 9.97. The largest absolute Gasteiger partial charge is 0.362 e. The van der Waals surface area contributed by atoms with E-state index in [0.717, 1.165) is 57.2 Å². The Morgan fingerprint density at radius 2 is 1.52 bits per heavy atom. The molecule has 0 bridgehead atoms. The minimum Gasteiger partial charge on any atom is -0.362 e. The van der Waals surface area contributed by atoms with Crippen LogP contribution in [0.15, 0.2) is 67.0 Å². The van der Waals surface area contributed by atoms with Crippen molar-refractivity contribution in [1.82, 2.24) is 30.8 Å². The highest BCUT2D eigenvalue weighted by atomic mass is 32.1. The van der Waals surface area contributed by atoms with Crippen LogP contribution in [0.2, 0.25) is 0 Å². The van der Waals surface area contributed by atoms with Gasteiger partial charge in [-0.05, 0) is 79.9 Å². The molecule has 1 fully saturated rings. The number of benzene rings is 2. The fourth-order valence-electron chi connectivity index (χ4n) is 5.86. The highest BCUT2D eigenvalue weighted by molar-refractivity contribution is 7.80. The van der Waals surface area contributed by atoms with E-state index in [0.29, 0.717) is 37.1 Å². The van der Waals surface area contributed by atoms with Crippen molar-refractivity contribution in [3.63, 3.8) is 0 Å². The second-order valence-electron chi connectivity index (χ2n) is 11.8. The lowest BCUT2D eigenvalue weighted by molar-refractivity contribution is -0.121. The normalized spacial score (nSPS) is 14.7. The molecule has 2 heterocycles. The summed E-state index contributed by atoms with van der Waals surface area (Å²) < 4.78 is 0. The average Bonchev–Trinajstić information content (AvgIpc) is 3.48. The van der Waals surface area contributed by atoms with E-state index in [4.69, 9.17) is 12.2 Å². The maximum Gasteiger partial charge on any atom is 0.323 e. The standard InChI is InChI=1S/C34H42N8O3S/c43-29(13-5-2-8-16-37-33(46)40-27-11-3-1-4-12-27)38-23-24-14-19-42(20-15-24)34(45)41-31-30(35-17-18-36-31)32(44)39-28-21-25-9-6-7-10-26(25)22-28/h1,3-4,6-7,9-12,17-18,24,28H,2,5,8,13-16,19-23H2,(H,38,43)(H,39,44)(H,36,41,45)(H2,37,40,46). The highest BCUT2D eigenvalue weighted by Crippen LogP contribution is 2.23. The summed E-state index contributed by atoms with van der Waals surface area (Å²) in [6.07, 6.45) is 9.19. The number of nitrogens with one attached hydrogen (secondary N) is 5. The van der Waals surface area contributed by atoms with Crippen molar-refractivity contribution in [3.05, 3.63) is 83.8 Å². The molecular weight excluding hydrogens is 600 g/mol. The number of hydrogen-bond acceptors (Lipinski definition) is 6. The van der Waals surface area contributed by atoms with E-state index < -0.39 is 0 Å². The Morgan fingerprint density at radius 3 is 2.26 bits per heavy atom. The molecule has 0 spiro atoms. The SMILES string of the molecule is O=C(CCCCCNC(=S)Nc1ccccc1)NCC1CCN(C(=O)Nc2nccnc2C(=O)NC2Cc3ccccc3C2)CC1. The Bertz CT molecular complexity index is 1470. The first-order valence-electron chi connectivity index (χ1n) is 16.1. The summed E-state index contributed by atoms with van der Waals surface area (Å²) in [6, 6.07) is 17.6. The van der Waals surface area contributed by atoms with Crippen molar-refractivity contribution in [2.24, 2.45) is 5.92 Å². The van der Waals surface area contributed by atoms with Crippen molar-refractivity contribution in [2.75, 3.05) is 36.8 Å². The predicted molar refractivity (Wildman–Crippen MR) is 183 cm³/mol. The number of carbonyl (C=O) groups is 3. The van der Waals surface area contributed by atoms with Gasteiger partial charge >= 0.3 is 6.03 Å². The van der Waals surface area contributed by atoms with Crippen LogP contribution in [-0.4, -0.2) is 70.0 Å². The average molecular weight is 643 g/mol. The molecule has 5 rings (SSSR count). The first kappa shape index (κ1) is 32.8. The molecule has 0 atom stereocenters. The summed E-state index contributed by atoms with van der Waals surface area (Å²) >= 11 is 5.32. The number of likely N-dealkylation sites (tertiary alicyclic amines) is 1.